The molecule has 2 aromatic carbocycles. The van der Waals surface area contributed by atoms with E-state index in [1.165, 1.54) is 0 Å². The lowest BCUT2D eigenvalue weighted by Crippen LogP contribution is -2.52. The predicted octanol–water partition coefficient (Wildman–Crippen LogP) is 8.17. The van der Waals surface area contributed by atoms with Crippen molar-refractivity contribution in [1.29, 1.82) is 0 Å². The molecule has 14 nitrogen and oxygen atoms in total. The lowest BCUT2D eigenvalue weighted by Gasteiger charge is -2.34. The first-order chi connectivity index (χ1) is 25.4. The predicted molar refractivity (Wildman–Crippen MR) is 209 cm³/mol. The van der Waals surface area contributed by atoms with Crippen LogP contribution in [0.3, 0.4) is 0 Å². The Morgan fingerprint density at radius 2 is 1.34 bits per heavy atom. The van der Waals surface area contributed by atoms with E-state index < -0.39 is 17.8 Å². The maximum Gasteiger partial charge on any atom is 0.429 e. The third-order valence-corrected chi connectivity index (χ3v) is 7.99. The number of aromatic nitrogens is 2. The average Bonchev–Trinajstić information content (AvgIpc) is 3.11. The minimum absolute atomic E-state index is 0.0115. The Kier molecular flexibility index (Phi) is 14.6. The number of hydrogen-bond donors (Lipinski definition) is 6. The maximum absolute atomic E-state index is 13.4. The van der Waals surface area contributed by atoms with Gasteiger partial charge in [0.15, 0.2) is 11.6 Å². The monoisotopic (exact) mass is 725 g/mol. The van der Waals surface area contributed by atoms with Crippen LogP contribution in [0.15, 0.2) is 85.2 Å². The zero-order chi connectivity index (χ0) is 38.2. The number of carbonyl (C=O) groups is 3. The first-order valence-electron chi connectivity index (χ1n) is 17.8. The van der Waals surface area contributed by atoms with Crippen molar-refractivity contribution in [2.24, 2.45) is 0 Å². The lowest BCUT2D eigenvalue weighted by molar-refractivity contribution is -0.0400. The molecule has 7 N–H and O–H groups in total. The molecule has 4 aromatic rings. The van der Waals surface area contributed by atoms with Crippen LogP contribution in [0, 0.1) is 0 Å². The van der Waals surface area contributed by atoms with E-state index >= 15 is 0 Å². The fraction of sp³-hybridized carbons (Fsp3) is 0.359. The Balaban J connectivity index is 1.38. The second kappa shape index (κ2) is 19.5. The second-order valence-corrected chi connectivity index (χ2v) is 13.4. The molecule has 0 saturated heterocycles. The number of nitrogens with two attached hydrogens (primary N) is 1. The zero-order valence-corrected chi connectivity index (χ0v) is 30.9. The summed E-state index contributed by atoms with van der Waals surface area (Å²) in [5, 5.41) is 24.5. The molecule has 2 heterocycles. The smallest absolute Gasteiger partial charge is 0.429 e. The van der Waals surface area contributed by atoms with E-state index in [1.54, 1.807) is 57.4 Å². The fourth-order valence-corrected chi connectivity index (χ4v) is 5.25. The number of urea groups is 1. The van der Waals surface area contributed by atoms with Crippen LogP contribution in [0.1, 0.15) is 64.5 Å². The lowest BCUT2D eigenvalue weighted by atomic mass is 10.1. The molecule has 4 amide bonds. The number of carbonyl (C=O) groups excluding carboxylic acids is 2. The van der Waals surface area contributed by atoms with Crippen molar-refractivity contribution in [3.63, 3.8) is 0 Å². The minimum Gasteiger partial charge on any atom is -0.464 e. The number of unbranched alkanes of at least 4 members (excludes halogenated alkanes) is 3. The summed E-state index contributed by atoms with van der Waals surface area (Å²) < 4.78 is 5.62. The molecule has 0 aliphatic carbocycles. The molecule has 0 fully saturated rings. The molecule has 0 atom stereocenters. The van der Waals surface area contributed by atoms with E-state index in [4.69, 9.17) is 10.5 Å². The summed E-state index contributed by atoms with van der Waals surface area (Å²) in [6, 6.07) is 21.7. The third kappa shape index (κ3) is 13.2. The number of anilines is 6. The first kappa shape index (κ1) is 39.7. The topological polar surface area (TPSA) is 187 Å². The van der Waals surface area contributed by atoms with Crippen LogP contribution in [0.25, 0.3) is 0 Å². The van der Waals surface area contributed by atoms with Crippen molar-refractivity contribution < 1.29 is 24.2 Å². The van der Waals surface area contributed by atoms with E-state index in [0.29, 0.717) is 42.4 Å². The Labute approximate surface area is 311 Å². The van der Waals surface area contributed by atoms with Crippen LogP contribution in [0.4, 0.5) is 48.8 Å². The Hall–Kier alpha value is -6.05. The molecule has 0 aliphatic rings. The molecule has 0 saturated carbocycles. The van der Waals surface area contributed by atoms with Gasteiger partial charge < -0.3 is 36.8 Å². The zero-order valence-electron chi connectivity index (χ0n) is 30.9. The van der Waals surface area contributed by atoms with Gasteiger partial charge in [0, 0.05) is 30.3 Å². The molecule has 14 heteroatoms. The first-order valence-corrected chi connectivity index (χ1v) is 17.8. The highest BCUT2D eigenvalue weighted by molar-refractivity contribution is 5.92. The number of benzene rings is 2. The van der Waals surface area contributed by atoms with Gasteiger partial charge in [-0.2, -0.15) is 0 Å². The third-order valence-electron chi connectivity index (χ3n) is 7.99. The highest BCUT2D eigenvalue weighted by atomic mass is 16.6. The standard InChI is InChI=1S/C39H51N9O5/c1-5-6-7-8-23-43-36(49)46-33-12-10-25-42-35(33)45-31-19-15-28(16-20-31)21-26-47(37(50)51)48(38(52)53-39(2,3)4)27-22-29-13-17-30(18-14-29)44-34-32(40)11-9-24-41-34/h9-20,24-25H,5-8,21-23,26-27,40H2,1-4H3,(H,41,44)(H,42,45)(H,50,51)(H2,43,46,49). The average molecular weight is 726 g/mol. The van der Waals surface area contributed by atoms with E-state index in [1.807, 2.05) is 48.5 Å². The summed E-state index contributed by atoms with van der Waals surface area (Å²) in [4.78, 5) is 47.0. The summed E-state index contributed by atoms with van der Waals surface area (Å²) in [6.07, 6.45) is 6.22. The van der Waals surface area contributed by atoms with Gasteiger partial charge >= 0.3 is 18.2 Å². The van der Waals surface area contributed by atoms with Gasteiger partial charge in [0.1, 0.15) is 5.60 Å². The van der Waals surface area contributed by atoms with Gasteiger partial charge in [-0.25, -0.2) is 34.4 Å². The van der Waals surface area contributed by atoms with Crippen molar-refractivity contribution in [2.75, 3.05) is 41.3 Å². The van der Waals surface area contributed by atoms with Gasteiger partial charge in [-0.3, -0.25) is 0 Å². The van der Waals surface area contributed by atoms with E-state index in [9.17, 15) is 19.5 Å². The van der Waals surface area contributed by atoms with Crippen molar-refractivity contribution in [3.8, 4) is 0 Å². The number of nitrogen functional groups attached to an aromatic ring is 1. The fourth-order valence-electron chi connectivity index (χ4n) is 5.25. The molecule has 53 heavy (non-hydrogen) atoms. The van der Waals surface area contributed by atoms with Gasteiger partial charge in [0.05, 0.1) is 24.5 Å². The molecule has 0 aliphatic heterocycles. The number of nitrogens with zero attached hydrogens (tertiary/aromatic N) is 4. The molecule has 2 aromatic heterocycles. The van der Waals surface area contributed by atoms with Gasteiger partial charge in [-0.1, -0.05) is 50.5 Å². The van der Waals surface area contributed by atoms with Gasteiger partial charge in [0.25, 0.3) is 0 Å². The number of hydrogen-bond acceptors (Lipinski definition) is 9. The van der Waals surface area contributed by atoms with Gasteiger partial charge in [-0.05, 0) is 99.7 Å². The van der Waals surface area contributed by atoms with Crippen LogP contribution < -0.4 is 27.0 Å². The highest BCUT2D eigenvalue weighted by Crippen LogP contribution is 2.24. The number of amides is 4. The summed E-state index contributed by atoms with van der Waals surface area (Å²) in [7, 11) is 0. The SMILES string of the molecule is CCCCCCNC(=O)Nc1cccnc1Nc1ccc(CCN(C(=O)O)N(CCc2ccc(Nc3ncccc3N)cc2)C(=O)OC(C)(C)C)cc1. The molecule has 0 unspecified atom stereocenters. The van der Waals surface area contributed by atoms with Gasteiger partial charge in [0.2, 0.25) is 0 Å². The van der Waals surface area contributed by atoms with Crippen molar-refractivity contribution in [1.82, 2.24) is 25.3 Å². The molecule has 0 radical (unpaired) electrons. The van der Waals surface area contributed by atoms with Crippen LogP contribution in [-0.4, -0.2) is 68.5 Å². The van der Waals surface area contributed by atoms with Crippen LogP contribution in [0.2, 0.25) is 0 Å². The minimum atomic E-state index is -1.28. The normalized spacial score (nSPS) is 10.9. The number of ether oxygens (including phenoxy) is 1. The highest BCUT2D eigenvalue weighted by Gasteiger charge is 2.30. The summed E-state index contributed by atoms with van der Waals surface area (Å²) in [6.45, 7) is 8.03. The van der Waals surface area contributed by atoms with Crippen molar-refractivity contribution in [3.05, 3.63) is 96.3 Å². The Morgan fingerprint density at radius 3 is 1.91 bits per heavy atom. The second-order valence-electron chi connectivity index (χ2n) is 13.4. The number of nitrogens with one attached hydrogen (secondary N) is 4. The Bertz CT molecular complexity index is 1780. The number of pyridine rings is 2. The van der Waals surface area contributed by atoms with Crippen LogP contribution >= 0.6 is 0 Å². The Morgan fingerprint density at radius 1 is 0.774 bits per heavy atom. The molecule has 0 spiro atoms. The summed E-state index contributed by atoms with van der Waals surface area (Å²) in [5.74, 6) is 1.03. The van der Waals surface area contributed by atoms with E-state index in [2.05, 4.69) is 38.2 Å². The van der Waals surface area contributed by atoms with E-state index in [0.717, 1.165) is 58.2 Å². The van der Waals surface area contributed by atoms with E-state index in [-0.39, 0.29) is 19.1 Å². The summed E-state index contributed by atoms with van der Waals surface area (Å²) >= 11 is 0. The quantitative estimate of drug-likeness (QED) is 0.0486. The molecular formula is C39H51N9O5. The van der Waals surface area contributed by atoms with Crippen LogP contribution in [0.5, 0.6) is 0 Å². The molecule has 282 valence electrons. The summed E-state index contributed by atoms with van der Waals surface area (Å²) in [5.41, 5.74) is 9.47. The number of rotatable bonds is 16. The molecule has 4 rings (SSSR count). The van der Waals surface area contributed by atoms with Crippen molar-refractivity contribution in [2.45, 2.75) is 71.8 Å². The van der Waals surface area contributed by atoms with Gasteiger partial charge in [-0.15, -0.1) is 0 Å². The van der Waals surface area contributed by atoms with Crippen LogP contribution in [-0.2, 0) is 17.6 Å². The molecule has 0 bridgehead atoms. The van der Waals surface area contributed by atoms with Crippen molar-refractivity contribution >= 4 is 52.6 Å². The molecular weight excluding hydrogens is 674 g/mol. The number of carboxylic acid groups (broad SMARTS) is 1. The largest absolute Gasteiger partial charge is 0.464 e. The number of hydrazine groups is 1. The maximum atomic E-state index is 13.4.